The van der Waals surface area contributed by atoms with Gasteiger partial charge < -0.3 is 10.1 Å². The summed E-state index contributed by atoms with van der Waals surface area (Å²) in [5.41, 5.74) is 3.05. The standard InChI is InChI=1S/C20H23NO3/c1-14(22)21-18-8-6-5-7-17(18)19(23)24-13-15-9-11-16(12-10-15)20(2,3)4/h5-12H,13H2,1-4H3,(H,21,22). The zero-order valence-corrected chi connectivity index (χ0v) is 14.6. The van der Waals surface area contributed by atoms with Crippen molar-refractivity contribution in [3.05, 3.63) is 65.2 Å². The highest BCUT2D eigenvalue weighted by Crippen LogP contribution is 2.22. The summed E-state index contributed by atoms with van der Waals surface area (Å²) in [5.74, 6) is -0.688. The minimum absolute atomic E-state index is 0.0898. The number of esters is 1. The molecule has 0 radical (unpaired) electrons. The molecule has 0 bridgehead atoms. The number of rotatable bonds is 4. The van der Waals surface area contributed by atoms with Crippen LogP contribution in [0.15, 0.2) is 48.5 Å². The summed E-state index contributed by atoms with van der Waals surface area (Å²) in [4.78, 5) is 23.5. The van der Waals surface area contributed by atoms with E-state index < -0.39 is 5.97 Å². The summed E-state index contributed by atoms with van der Waals surface area (Å²) in [6.45, 7) is 8.06. The van der Waals surface area contributed by atoms with Gasteiger partial charge in [-0.2, -0.15) is 0 Å². The quantitative estimate of drug-likeness (QED) is 0.853. The number of anilines is 1. The summed E-state index contributed by atoms with van der Waals surface area (Å²) in [6, 6.07) is 14.8. The van der Waals surface area contributed by atoms with E-state index in [9.17, 15) is 9.59 Å². The van der Waals surface area contributed by atoms with Crippen LogP contribution in [0.25, 0.3) is 0 Å². The van der Waals surface area contributed by atoms with Gasteiger partial charge in [0.25, 0.3) is 0 Å². The van der Waals surface area contributed by atoms with E-state index in [-0.39, 0.29) is 17.9 Å². The molecule has 24 heavy (non-hydrogen) atoms. The first-order valence-electron chi connectivity index (χ1n) is 7.90. The van der Waals surface area contributed by atoms with Crippen LogP contribution >= 0.6 is 0 Å². The van der Waals surface area contributed by atoms with Gasteiger partial charge in [-0.15, -0.1) is 0 Å². The van der Waals surface area contributed by atoms with Crippen molar-refractivity contribution in [2.45, 2.75) is 39.7 Å². The monoisotopic (exact) mass is 325 g/mol. The van der Waals surface area contributed by atoms with E-state index in [2.05, 4.69) is 38.2 Å². The van der Waals surface area contributed by atoms with Crippen molar-refractivity contribution in [3.63, 3.8) is 0 Å². The Labute approximate surface area is 142 Å². The van der Waals surface area contributed by atoms with Gasteiger partial charge in [-0.25, -0.2) is 4.79 Å². The Morgan fingerprint density at radius 3 is 2.21 bits per heavy atom. The van der Waals surface area contributed by atoms with Gasteiger partial charge in [-0.3, -0.25) is 4.79 Å². The van der Waals surface area contributed by atoms with Gasteiger partial charge in [0, 0.05) is 6.92 Å². The molecule has 0 spiro atoms. The van der Waals surface area contributed by atoms with Crippen LogP contribution in [0.1, 0.15) is 49.2 Å². The Bertz CT molecular complexity index is 727. The van der Waals surface area contributed by atoms with Gasteiger partial charge in [0.2, 0.25) is 5.91 Å². The second kappa shape index (κ2) is 7.30. The molecular formula is C20H23NO3. The SMILES string of the molecule is CC(=O)Nc1ccccc1C(=O)OCc1ccc(C(C)(C)C)cc1. The van der Waals surface area contributed by atoms with Crippen molar-refractivity contribution in [1.82, 2.24) is 0 Å². The van der Waals surface area contributed by atoms with Crippen LogP contribution in [0.3, 0.4) is 0 Å². The maximum atomic E-state index is 12.3. The molecule has 0 aliphatic heterocycles. The first-order valence-corrected chi connectivity index (χ1v) is 7.90. The van der Waals surface area contributed by atoms with Crippen molar-refractivity contribution in [3.8, 4) is 0 Å². The van der Waals surface area contributed by atoms with Crippen LogP contribution in [0.5, 0.6) is 0 Å². The fourth-order valence-electron chi connectivity index (χ4n) is 2.29. The molecule has 0 fully saturated rings. The highest BCUT2D eigenvalue weighted by molar-refractivity contribution is 6.00. The molecule has 0 saturated heterocycles. The smallest absolute Gasteiger partial charge is 0.340 e. The number of ether oxygens (including phenoxy) is 1. The van der Waals surface area contributed by atoms with Gasteiger partial charge >= 0.3 is 5.97 Å². The van der Waals surface area contributed by atoms with Crippen molar-refractivity contribution in [2.24, 2.45) is 0 Å². The van der Waals surface area contributed by atoms with Crippen LogP contribution in [0.4, 0.5) is 5.69 Å². The summed E-state index contributed by atoms with van der Waals surface area (Å²) in [7, 11) is 0. The van der Waals surface area contributed by atoms with Gasteiger partial charge in [0.1, 0.15) is 6.61 Å². The molecule has 1 N–H and O–H groups in total. The molecule has 2 aromatic carbocycles. The predicted molar refractivity (Wildman–Crippen MR) is 95.0 cm³/mol. The van der Waals surface area contributed by atoms with Gasteiger partial charge in [0.05, 0.1) is 11.3 Å². The topological polar surface area (TPSA) is 55.4 Å². The lowest BCUT2D eigenvalue weighted by Crippen LogP contribution is -2.13. The third kappa shape index (κ3) is 4.69. The van der Waals surface area contributed by atoms with E-state index in [1.807, 2.05) is 12.1 Å². The molecule has 0 aromatic heterocycles. The molecule has 4 nitrogen and oxygen atoms in total. The zero-order valence-electron chi connectivity index (χ0n) is 14.6. The molecule has 0 saturated carbocycles. The van der Waals surface area contributed by atoms with Crippen LogP contribution in [0, 0.1) is 0 Å². The molecule has 0 heterocycles. The molecule has 1 amide bonds. The lowest BCUT2D eigenvalue weighted by atomic mass is 9.87. The van der Waals surface area contributed by atoms with E-state index in [0.717, 1.165) is 5.56 Å². The largest absolute Gasteiger partial charge is 0.457 e. The number of hydrogen-bond donors (Lipinski definition) is 1. The van der Waals surface area contributed by atoms with E-state index in [0.29, 0.717) is 11.3 Å². The van der Waals surface area contributed by atoms with Gasteiger partial charge in [-0.05, 0) is 28.7 Å². The normalized spacial score (nSPS) is 11.0. The van der Waals surface area contributed by atoms with Crippen LogP contribution in [-0.4, -0.2) is 11.9 Å². The maximum Gasteiger partial charge on any atom is 0.340 e. The fraction of sp³-hybridized carbons (Fsp3) is 0.300. The fourth-order valence-corrected chi connectivity index (χ4v) is 2.29. The number of nitrogens with one attached hydrogen (secondary N) is 1. The predicted octanol–water partition coefficient (Wildman–Crippen LogP) is 4.30. The second-order valence-corrected chi connectivity index (χ2v) is 6.75. The number of hydrogen-bond acceptors (Lipinski definition) is 3. The Hall–Kier alpha value is -2.62. The van der Waals surface area contributed by atoms with Gasteiger partial charge in [0.15, 0.2) is 0 Å². The molecule has 0 aliphatic rings. The molecular weight excluding hydrogens is 302 g/mol. The third-order valence-corrected chi connectivity index (χ3v) is 3.65. The summed E-state index contributed by atoms with van der Waals surface area (Å²) >= 11 is 0. The Morgan fingerprint density at radius 1 is 1.00 bits per heavy atom. The van der Waals surface area contributed by atoms with Crippen LogP contribution in [0.2, 0.25) is 0 Å². The number of amides is 1. The van der Waals surface area contributed by atoms with Crippen LogP contribution in [-0.2, 0) is 21.6 Å². The highest BCUT2D eigenvalue weighted by atomic mass is 16.5. The first-order chi connectivity index (χ1) is 11.3. The van der Waals surface area contributed by atoms with E-state index in [1.165, 1.54) is 12.5 Å². The average Bonchev–Trinajstić information content (AvgIpc) is 2.52. The molecule has 0 aliphatic carbocycles. The maximum absolute atomic E-state index is 12.3. The zero-order chi connectivity index (χ0) is 17.7. The first kappa shape index (κ1) is 17.7. The lowest BCUT2D eigenvalue weighted by Gasteiger charge is -2.19. The van der Waals surface area contributed by atoms with Crippen molar-refractivity contribution < 1.29 is 14.3 Å². The Balaban J connectivity index is 2.05. The number of carbonyl (C=O) groups excluding carboxylic acids is 2. The minimum Gasteiger partial charge on any atom is -0.457 e. The highest BCUT2D eigenvalue weighted by Gasteiger charge is 2.15. The van der Waals surface area contributed by atoms with Crippen LogP contribution < -0.4 is 5.32 Å². The number of para-hydroxylation sites is 1. The number of benzene rings is 2. The third-order valence-electron chi connectivity index (χ3n) is 3.65. The second-order valence-electron chi connectivity index (χ2n) is 6.75. The molecule has 0 unspecified atom stereocenters. The van der Waals surface area contributed by atoms with Crippen molar-refractivity contribution in [2.75, 3.05) is 5.32 Å². The van der Waals surface area contributed by atoms with E-state index >= 15 is 0 Å². The Kier molecular flexibility index (Phi) is 5.39. The summed E-state index contributed by atoms with van der Waals surface area (Å²) < 4.78 is 5.37. The van der Waals surface area contributed by atoms with Crippen molar-refractivity contribution in [1.29, 1.82) is 0 Å². The summed E-state index contributed by atoms with van der Waals surface area (Å²) in [5, 5.41) is 2.64. The van der Waals surface area contributed by atoms with Crippen molar-refractivity contribution >= 4 is 17.6 Å². The molecule has 2 rings (SSSR count). The average molecular weight is 325 g/mol. The molecule has 4 heteroatoms. The molecule has 126 valence electrons. The van der Waals surface area contributed by atoms with Gasteiger partial charge in [-0.1, -0.05) is 57.2 Å². The van der Waals surface area contributed by atoms with E-state index in [4.69, 9.17) is 4.74 Å². The number of carbonyl (C=O) groups is 2. The molecule has 2 aromatic rings. The Morgan fingerprint density at radius 2 is 1.62 bits per heavy atom. The summed E-state index contributed by atoms with van der Waals surface area (Å²) in [6.07, 6.45) is 0. The molecule has 0 atom stereocenters. The minimum atomic E-state index is -0.459. The lowest BCUT2D eigenvalue weighted by molar-refractivity contribution is -0.114. The van der Waals surface area contributed by atoms with E-state index in [1.54, 1.807) is 24.3 Å².